The van der Waals surface area contributed by atoms with Crippen LogP contribution in [-0.4, -0.2) is 31.1 Å². The summed E-state index contributed by atoms with van der Waals surface area (Å²) in [6.07, 6.45) is 0. The van der Waals surface area contributed by atoms with Crippen LogP contribution in [-0.2, 0) is 26.2 Å². The summed E-state index contributed by atoms with van der Waals surface area (Å²) in [6, 6.07) is 19.5. The van der Waals surface area contributed by atoms with Gasteiger partial charge in [-0.05, 0) is 55.7 Å². The molecule has 0 bridgehead atoms. The summed E-state index contributed by atoms with van der Waals surface area (Å²) in [5, 5.41) is 5.40. The molecule has 0 aromatic heterocycles. The summed E-state index contributed by atoms with van der Waals surface area (Å²) < 4.78 is 28.7. The molecule has 0 unspecified atom stereocenters. The lowest BCUT2D eigenvalue weighted by Gasteiger charge is -2.24. The number of carbonyl (C=O) groups is 2. The van der Waals surface area contributed by atoms with Crippen LogP contribution in [0.2, 0.25) is 0 Å². The van der Waals surface area contributed by atoms with Gasteiger partial charge in [-0.2, -0.15) is 4.31 Å². The molecule has 3 aromatic rings. The molecule has 0 spiro atoms. The third-order valence-corrected chi connectivity index (χ3v) is 7.29. The Labute approximate surface area is 200 Å². The Hall–Kier alpha value is -3.49. The summed E-state index contributed by atoms with van der Waals surface area (Å²) in [6.45, 7) is 6.53. The van der Waals surface area contributed by atoms with E-state index in [2.05, 4.69) is 10.6 Å². The van der Waals surface area contributed by atoms with Crippen molar-refractivity contribution in [1.29, 1.82) is 0 Å². The zero-order valence-electron chi connectivity index (χ0n) is 19.8. The lowest BCUT2D eigenvalue weighted by atomic mass is 10.1. The van der Waals surface area contributed by atoms with E-state index in [1.165, 1.54) is 11.2 Å². The van der Waals surface area contributed by atoms with Crippen molar-refractivity contribution in [3.05, 3.63) is 89.0 Å². The largest absolute Gasteiger partial charge is 0.326 e. The minimum absolute atomic E-state index is 0.0509. The van der Waals surface area contributed by atoms with Crippen LogP contribution in [0.15, 0.2) is 71.6 Å². The average molecular weight is 480 g/mol. The molecule has 0 heterocycles. The van der Waals surface area contributed by atoms with Gasteiger partial charge in [0.05, 0.1) is 11.4 Å². The molecule has 0 fully saturated rings. The smallest absolute Gasteiger partial charge is 0.244 e. The standard InChI is InChI=1S/C26H29N3O4S/c1-18-13-19(2)26(20(3)14-18)34(32,33)29(16-22-9-6-5-7-10-22)17-25(31)28-24-12-8-11-23(15-24)27-21(4)30/h5-15H,16-17H2,1-4H3,(H,27,30)(H,28,31). The van der Waals surface area contributed by atoms with Gasteiger partial charge in [-0.15, -0.1) is 0 Å². The van der Waals surface area contributed by atoms with E-state index >= 15 is 0 Å². The molecular weight excluding hydrogens is 450 g/mol. The second-order valence-electron chi connectivity index (χ2n) is 8.30. The number of hydrogen-bond acceptors (Lipinski definition) is 4. The summed E-state index contributed by atoms with van der Waals surface area (Å²) >= 11 is 0. The molecule has 34 heavy (non-hydrogen) atoms. The van der Waals surface area contributed by atoms with Crippen molar-refractivity contribution in [2.45, 2.75) is 39.1 Å². The van der Waals surface area contributed by atoms with Crippen LogP contribution in [0.4, 0.5) is 11.4 Å². The van der Waals surface area contributed by atoms with Crippen LogP contribution < -0.4 is 10.6 Å². The minimum atomic E-state index is -3.97. The topological polar surface area (TPSA) is 95.6 Å². The molecule has 0 atom stereocenters. The van der Waals surface area contributed by atoms with E-state index in [1.807, 2.05) is 49.4 Å². The van der Waals surface area contributed by atoms with Crippen molar-refractivity contribution in [2.75, 3.05) is 17.2 Å². The van der Waals surface area contributed by atoms with Gasteiger partial charge in [0.15, 0.2) is 0 Å². The van der Waals surface area contributed by atoms with Gasteiger partial charge in [-0.25, -0.2) is 8.42 Å². The fourth-order valence-corrected chi connectivity index (χ4v) is 5.75. The molecule has 7 nitrogen and oxygen atoms in total. The summed E-state index contributed by atoms with van der Waals surface area (Å²) in [5.74, 6) is -0.714. The lowest BCUT2D eigenvalue weighted by Crippen LogP contribution is -2.38. The highest BCUT2D eigenvalue weighted by atomic mass is 32.2. The zero-order valence-corrected chi connectivity index (χ0v) is 20.6. The van der Waals surface area contributed by atoms with Gasteiger partial charge in [0.25, 0.3) is 0 Å². The predicted octanol–water partition coefficient (Wildman–Crippen LogP) is 4.40. The maximum absolute atomic E-state index is 13.8. The maximum Gasteiger partial charge on any atom is 0.244 e. The van der Waals surface area contributed by atoms with E-state index in [4.69, 9.17) is 0 Å². The number of anilines is 2. The number of hydrogen-bond donors (Lipinski definition) is 2. The number of carbonyl (C=O) groups excluding carboxylic acids is 2. The SMILES string of the molecule is CC(=O)Nc1cccc(NC(=O)CN(Cc2ccccc2)S(=O)(=O)c2c(C)cc(C)cc2C)c1. The van der Waals surface area contributed by atoms with Gasteiger partial charge in [0, 0.05) is 24.8 Å². The van der Waals surface area contributed by atoms with E-state index in [9.17, 15) is 18.0 Å². The quantitative estimate of drug-likeness (QED) is 0.501. The van der Waals surface area contributed by atoms with E-state index < -0.39 is 15.9 Å². The fourth-order valence-electron chi connectivity index (χ4n) is 3.95. The highest BCUT2D eigenvalue weighted by Gasteiger charge is 2.30. The molecule has 0 aliphatic carbocycles. The van der Waals surface area contributed by atoms with Crippen molar-refractivity contribution < 1.29 is 18.0 Å². The average Bonchev–Trinajstić information content (AvgIpc) is 2.72. The van der Waals surface area contributed by atoms with E-state index in [0.717, 1.165) is 11.1 Å². The van der Waals surface area contributed by atoms with Crippen molar-refractivity contribution in [3.63, 3.8) is 0 Å². The van der Waals surface area contributed by atoms with Crippen LogP contribution >= 0.6 is 0 Å². The second-order valence-corrected chi connectivity index (χ2v) is 10.2. The van der Waals surface area contributed by atoms with Crippen LogP contribution in [0.3, 0.4) is 0 Å². The molecule has 0 radical (unpaired) electrons. The molecule has 8 heteroatoms. The van der Waals surface area contributed by atoms with Gasteiger partial charge >= 0.3 is 0 Å². The first kappa shape index (κ1) is 25.1. The summed E-state index contributed by atoms with van der Waals surface area (Å²) in [7, 11) is -3.97. The highest BCUT2D eigenvalue weighted by Crippen LogP contribution is 2.26. The van der Waals surface area contributed by atoms with Crippen molar-refractivity contribution >= 4 is 33.2 Å². The van der Waals surface area contributed by atoms with Crippen LogP contribution in [0.25, 0.3) is 0 Å². The number of rotatable bonds is 8. The van der Waals surface area contributed by atoms with Gasteiger partial charge in [0.1, 0.15) is 0 Å². The molecule has 3 aromatic carbocycles. The van der Waals surface area contributed by atoms with E-state index in [1.54, 1.807) is 38.1 Å². The Morgan fingerprint density at radius 2 is 1.41 bits per heavy atom. The van der Waals surface area contributed by atoms with Gasteiger partial charge < -0.3 is 10.6 Å². The van der Waals surface area contributed by atoms with E-state index in [-0.39, 0.29) is 23.9 Å². The summed E-state index contributed by atoms with van der Waals surface area (Å²) in [5.41, 5.74) is 4.01. The number of aryl methyl sites for hydroxylation is 3. The van der Waals surface area contributed by atoms with Crippen molar-refractivity contribution in [1.82, 2.24) is 4.31 Å². The molecule has 0 saturated carbocycles. The summed E-state index contributed by atoms with van der Waals surface area (Å²) in [4.78, 5) is 24.5. The molecule has 2 N–H and O–H groups in total. The first-order chi connectivity index (χ1) is 16.1. The predicted molar refractivity (Wildman–Crippen MR) is 134 cm³/mol. The Balaban J connectivity index is 1.91. The van der Waals surface area contributed by atoms with E-state index in [0.29, 0.717) is 22.5 Å². The van der Waals surface area contributed by atoms with Gasteiger partial charge in [-0.1, -0.05) is 54.1 Å². The fraction of sp³-hybridized carbons (Fsp3) is 0.231. The Kier molecular flexibility index (Phi) is 7.86. The molecule has 3 rings (SSSR count). The monoisotopic (exact) mass is 479 g/mol. The Morgan fingerprint density at radius 3 is 2.00 bits per heavy atom. The molecular formula is C26H29N3O4S. The zero-order chi connectivity index (χ0) is 24.9. The van der Waals surface area contributed by atoms with Crippen molar-refractivity contribution in [3.8, 4) is 0 Å². The number of sulfonamides is 1. The van der Waals surface area contributed by atoms with Gasteiger partial charge in [0.2, 0.25) is 21.8 Å². The molecule has 2 amide bonds. The third-order valence-electron chi connectivity index (χ3n) is 5.19. The molecule has 178 valence electrons. The number of benzene rings is 3. The number of nitrogens with zero attached hydrogens (tertiary/aromatic N) is 1. The first-order valence-corrected chi connectivity index (χ1v) is 12.3. The molecule has 0 saturated heterocycles. The lowest BCUT2D eigenvalue weighted by molar-refractivity contribution is -0.116. The normalized spacial score (nSPS) is 11.3. The van der Waals surface area contributed by atoms with Crippen molar-refractivity contribution in [2.24, 2.45) is 0 Å². The maximum atomic E-state index is 13.8. The second kappa shape index (κ2) is 10.6. The third kappa shape index (κ3) is 6.30. The number of amides is 2. The first-order valence-electron chi connectivity index (χ1n) is 10.9. The number of nitrogens with one attached hydrogen (secondary N) is 2. The van der Waals surface area contributed by atoms with Crippen LogP contribution in [0.1, 0.15) is 29.2 Å². The Bertz CT molecular complexity index is 1280. The molecule has 0 aliphatic rings. The minimum Gasteiger partial charge on any atom is -0.326 e. The van der Waals surface area contributed by atoms with Crippen LogP contribution in [0, 0.1) is 20.8 Å². The van der Waals surface area contributed by atoms with Gasteiger partial charge in [-0.3, -0.25) is 9.59 Å². The Morgan fingerprint density at radius 1 is 0.824 bits per heavy atom. The van der Waals surface area contributed by atoms with Crippen LogP contribution in [0.5, 0.6) is 0 Å². The molecule has 0 aliphatic heterocycles. The highest BCUT2D eigenvalue weighted by molar-refractivity contribution is 7.89.